The highest BCUT2D eigenvalue weighted by atomic mass is 35.5. The van der Waals surface area contributed by atoms with Gasteiger partial charge in [-0.3, -0.25) is 4.79 Å². The van der Waals surface area contributed by atoms with Crippen molar-refractivity contribution < 1.29 is 5.11 Å². The van der Waals surface area contributed by atoms with Crippen LogP contribution in [0, 0.1) is 0 Å². The van der Waals surface area contributed by atoms with Gasteiger partial charge in [-0.15, -0.1) is 5.10 Å². The van der Waals surface area contributed by atoms with Gasteiger partial charge in [0.1, 0.15) is 0 Å². The topological polar surface area (TPSA) is 79.5 Å². The molecular formula is C15H14Cl2N4O2S. The number of benzene rings is 1. The molecule has 0 aliphatic heterocycles. The van der Waals surface area contributed by atoms with Gasteiger partial charge in [0.2, 0.25) is 10.1 Å². The number of hydrogen-bond donors (Lipinski definition) is 2. The Morgan fingerprint density at radius 3 is 2.67 bits per heavy atom. The molecule has 0 aliphatic rings. The lowest BCUT2D eigenvalue weighted by atomic mass is 10.1. The van der Waals surface area contributed by atoms with E-state index in [0.717, 1.165) is 5.69 Å². The van der Waals surface area contributed by atoms with Crippen LogP contribution in [-0.2, 0) is 6.42 Å². The largest absolute Gasteiger partial charge is 0.387 e. The number of nitrogens with zero attached hydrogens (tertiary/aromatic N) is 3. The molecule has 0 radical (unpaired) electrons. The summed E-state index contributed by atoms with van der Waals surface area (Å²) in [6, 6.07) is 6.37. The average molecular weight is 385 g/mol. The van der Waals surface area contributed by atoms with Gasteiger partial charge < -0.3 is 10.4 Å². The highest BCUT2D eigenvalue weighted by molar-refractivity contribution is 7.20. The van der Waals surface area contributed by atoms with E-state index in [9.17, 15) is 9.90 Å². The Morgan fingerprint density at radius 2 is 2.00 bits per heavy atom. The number of aromatic nitrogens is 3. The first-order valence-corrected chi connectivity index (χ1v) is 8.81. The molecule has 2 heterocycles. The van der Waals surface area contributed by atoms with E-state index in [0.29, 0.717) is 32.1 Å². The van der Waals surface area contributed by atoms with Gasteiger partial charge in [-0.25, -0.2) is 4.98 Å². The van der Waals surface area contributed by atoms with E-state index in [1.165, 1.54) is 21.9 Å². The molecule has 6 nitrogen and oxygen atoms in total. The summed E-state index contributed by atoms with van der Waals surface area (Å²) in [5.41, 5.74) is 1.11. The van der Waals surface area contributed by atoms with Crippen LogP contribution in [0.15, 0.2) is 29.1 Å². The molecule has 3 aromatic rings. The first kappa shape index (κ1) is 17.2. The Morgan fingerprint density at radius 1 is 1.29 bits per heavy atom. The first-order valence-electron chi connectivity index (χ1n) is 7.24. The zero-order valence-corrected chi connectivity index (χ0v) is 15.0. The summed E-state index contributed by atoms with van der Waals surface area (Å²) in [4.78, 5) is 16.8. The number of halogens is 2. The number of aryl methyl sites for hydroxylation is 1. The summed E-state index contributed by atoms with van der Waals surface area (Å²) in [6.45, 7) is 2.14. The Labute approximate surface area is 151 Å². The summed E-state index contributed by atoms with van der Waals surface area (Å²) >= 11 is 13.1. The molecule has 0 saturated heterocycles. The fourth-order valence-corrected chi connectivity index (χ4v) is 3.55. The number of fused-ring (bicyclic) bond motifs is 1. The van der Waals surface area contributed by atoms with Gasteiger partial charge in [0.15, 0.2) is 0 Å². The number of anilines is 1. The van der Waals surface area contributed by atoms with Crippen LogP contribution < -0.4 is 10.9 Å². The SMILES string of the molecule is CCc1cc(=O)n2nc(NCC(O)c3cc(Cl)cc(Cl)c3)sc2n1. The maximum atomic E-state index is 12.0. The molecule has 9 heteroatoms. The first-order chi connectivity index (χ1) is 11.5. The van der Waals surface area contributed by atoms with Crippen LogP contribution in [-0.4, -0.2) is 26.2 Å². The Bertz CT molecular complexity index is 921. The van der Waals surface area contributed by atoms with Crippen molar-refractivity contribution in [2.45, 2.75) is 19.4 Å². The van der Waals surface area contributed by atoms with E-state index in [4.69, 9.17) is 23.2 Å². The van der Waals surface area contributed by atoms with Crippen LogP contribution in [0.1, 0.15) is 24.3 Å². The van der Waals surface area contributed by atoms with E-state index >= 15 is 0 Å². The van der Waals surface area contributed by atoms with Gasteiger partial charge in [0, 0.05) is 28.4 Å². The summed E-state index contributed by atoms with van der Waals surface area (Å²) in [5, 5.41) is 18.9. The minimum Gasteiger partial charge on any atom is -0.387 e. The smallest absolute Gasteiger partial charge is 0.275 e. The Hall–Kier alpha value is -1.67. The molecule has 2 aromatic heterocycles. The van der Waals surface area contributed by atoms with Crippen LogP contribution in [0.2, 0.25) is 10.0 Å². The molecule has 1 aromatic carbocycles. The van der Waals surface area contributed by atoms with Crippen LogP contribution in [0.3, 0.4) is 0 Å². The molecule has 1 atom stereocenters. The molecule has 0 amide bonds. The van der Waals surface area contributed by atoms with Gasteiger partial charge in [0.05, 0.1) is 6.10 Å². The second kappa shape index (κ2) is 7.06. The molecule has 2 N–H and O–H groups in total. The molecule has 0 aliphatic carbocycles. The van der Waals surface area contributed by atoms with Crippen molar-refractivity contribution in [1.29, 1.82) is 0 Å². The summed E-state index contributed by atoms with van der Waals surface area (Å²) in [7, 11) is 0. The quantitative estimate of drug-likeness (QED) is 0.705. The molecule has 24 heavy (non-hydrogen) atoms. The number of hydrogen-bond acceptors (Lipinski definition) is 6. The van der Waals surface area contributed by atoms with Crippen molar-refractivity contribution in [3.63, 3.8) is 0 Å². The van der Waals surface area contributed by atoms with Crippen LogP contribution in [0.4, 0.5) is 5.13 Å². The third kappa shape index (κ3) is 3.70. The Balaban J connectivity index is 1.77. The van der Waals surface area contributed by atoms with E-state index in [-0.39, 0.29) is 12.1 Å². The molecule has 1 unspecified atom stereocenters. The number of aliphatic hydroxyl groups excluding tert-OH is 1. The molecule has 0 fully saturated rings. The van der Waals surface area contributed by atoms with E-state index in [1.54, 1.807) is 18.2 Å². The third-order valence-corrected chi connectivity index (χ3v) is 4.68. The molecule has 0 saturated carbocycles. The number of nitrogens with one attached hydrogen (secondary N) is 1. The third-order valence-electron chi connectivity index (χ3n) is 3.38. The highest BCUT2D eigenvalue weighted by Crippen LogP contribution is 2.24. The van der Waals surface area contributed by atoms with Crippen LogP contribution >= 0.6 is 34.5 Å². The van der Waals surface area contributed by atoms with Crippen molar-refractivity contribution in [2.75, 3.05) is 11.9 Å². The predicted molar refractivity (Wildman–Crippen MR) is 96.4 cm³/mol. The van der Waals surface area contributed by atoms with Crippen molar-refractivity contribution in [3.05, 3.63) is 55.9 Å². The predicted octanol–water partition coefficient (Wildman–Crippen LogP) is 3.17. The zero-order valence-electron chi connectivity index (χ0n) is 12.7. The van der Waals surface area contributed by atoms with Crippen LogP contribution in [0.25, 0.3) is 4.96 Å². The minimum atomic E-state index is -0.816. The lowest BCUT2D eigenvalue weighted by molar-refractivity contribution is 0.191. The average Bonchev–Trinajstić information content (AvgIpc) is 2.95. The van der Waals surface area contributed by atoms with E-state index in [2.05, 4.69) is 15.4 Å². The maximum absolute atomic E-state index is 12.0. The van der Waals surface area contributed by atoms with Crippen molar-refractivity contribution in [3.8, 4) is 0 Å². The molecular weight excluding hydrogens is 371 g/mol. The standard InChI is InChI=1S/C15H14Cl2N4O2S/c1-2-11-6-13(23)21-15(19-11)24-14(20-21)18-7-12(22)8-3-9(16)5-10(17)4-8/h3-6,12,22H,2,7H2,1H3,(H,18,20). The highest BCUT2D eigenvalue weighted by Gasteiger charge is 2.12. The summed E-state index contributed by atoms with van der Waals surface area (Å²) < 4.78 is 1.24. The molecule has 126 valence electrons. The van der Waals surface area contributed by atoms with Gasteiger partial charge >= 0.3 is 0 Å². The lowest BCUT2D eigenvalue weighted by Crippen LogP contribution is -2.16. The van der Waals surface area contributed by atoms with Crippen molar-refractivity contribution in [2.24, 2.45) is 0 Å². The second-order valence-electron chi connectivity index (χ2n) is 5.14. The van der Waals surface area contributed by atoms with Crippen LogP contribution in [0.5, 0.6) is 0 Å². The molecule has 3 rings (SSSR count). The van der Waals surface area contributed by atoms with Gasteiger partial charge in [-0.2, -0.15) is 4.52 Å². The fraction of sp³-hybridized carbons (Fsp3) is 0.267. The fourth-order valence-electron chi connectivity index (χ4n) is 2.18. The number of rotatable bonds is 5. The second-order valence-corrected chi connectivity index (χ2v) is 6.97. The van der Waals surface area contributed by atoms with Gasteiger partial charge in [-0.05, 0) is 30.2 Å². The maximum Gasteiger partial charge on any atom is 0.275 e. The normalized spacial score (nSPS) is 12.5. The Kier molecular flexibility index (Phi) is 5.05. The van der Waals surface area contributed by atoms with Gasteiger partial charge in [0.25, 0.3) is 5.56 Å². The monoisotopic (exact) mass is 384 g/mol. The summed E-state index contributed by atoms with van der Waals surface area (Å²) in [6.07, 6.45) is -0.134. The lowest BCUT2D eigenvalue weighted by Gasteiger charge is -2.12. The molecule has 0 bridgehead atoms. The van der Waals surface area contributed by atoms with Gasteiger partial charge in [-0.1, -0.05) is 41.5 Å². The van der Waals surface area contributed by atoms with E-state index in [1.807, 2.05) is 6.92 Å². The van der Waals surface area contributed by atoms with Crippen molar-refractivity contribution in [1.82, 2.24) is 14.6 Å². The summed E-state index contributed by atoms with van der Waals surface area (Å²) in [5.74, 6) is 0. The molecule has 0 spiro atoms. The van der Waals surface area contributed by atoms with Crippen molar-refractivity contribution >= 4 is 44.6 Å². The minimum absolute atomic E-state index is 0.200. The number of aliphatic hydroxyl groups is 1. The van der Waals surface area contributed by atoms with E-state index < -0.39 is 6.10 Å². The zero-order chi connectivity index (χ0) is 17.3.